The van der Waals surface area contributed by atoms with Crippen LogP contribution in [0.4, 0.5) is 28.4 Å². The van der Waals surface area contributed by atoms with E-state index < -0.39 is 46.3 Å². The molecule has 0 saturated heterocycles. The highest BCUT2D eigenvalue weighted by atomic mass is 32.3. The van der Waals surface area contributed by atoms with Crippen molar-refractivity contribution in [2.75, 3.05) is 18.3 Å². The van der Waals surface area contributed by atoms with Crippen LogP contribution in [0.3, 0.4) is 0 Å². The van der Waals surface area contributed by atoms with E-state index in [-0.39, 0.29) is 45.8 Å². The Morgan fingerprint density at radius 2 is 1.86 bits per heavy atom. The van der Waals surface area contributed by atoms with E-state index in [1.807, 2.05) is 6.07 Å². The second kappa shape index (κ2) is 9.22. The van der Waals surface area contributed by atoms with Gasteiger partial charge >= 0.3 is 18.3 Å². The number of hydrogen-bond donors (Lipinski definition) is 2. The fourth-order valence-corrected chi connectivity index (χ4v) is 5.47. The van der Waals surface area contributed by atoms with Crippen molar-refractivity contribution in [2.24, 2.45) is 0 Å². The molecule has 0 spiro atoms. The Morgan fingerprint density at radius 3 is 2.46 bits per heavy atom. The van der Waals surface area contributed by atoms with Crippen molar-refractivity contribution >= 4 is 34.2 Å². The number of rotatable bonds is 3. The van der Waals surface area contributed by atoms with E-state index in [4.69, 9.17) is 4.74 Å². The zero-order valence-corrected chi connectivity index (χ0v) is 20.3. The minimum Gasteiger partial charge on any atom is -0.452 e. The Labute approximate surface area is 210 Å². The SMILES string of the molecule is COC(=O)N1C(=O)N(c2cccc(C(F)(F)F)c2)C2=C(C(=O)CC2)[C@H]1c1ccc(C#N)cc1S(C)(O)O. The largest absolute Gasteiger partial charge is 0.452 e. The minimum atomic E-state index is -4.71. The molecule has 9 nitrogen and oxygen atoms in total. The number of anilines is 1. The molecule has 0 fully saturated rings. The first-order chi connectivity index (χ1) is 17.3. The Bertz CT molecular complexity index is 1390. The number of urea groups is 1. The van der Waals surface area contributed by atoms with Crippen LogP contribution in [0.1, 0.15) is 35.6 Å². The average molecular weight is 536 g/mol. The number of carbonyl (C=O) groups excluding carboxylic acids is 3. The molecule has 4 rings (SSSR count). The summed E-state index contributed by atoms with van der Waals surface area (Å²) in [5.41, 5.74) is -1.18. The summed E-state index contributed by atoms with van der Waals surface area (Å²) < 4.78 is 66.0. The Balaban J connectivity index is 2.02. The van der Waals surface area contributed by atoms with Crippen molar-refractivity contribution < 1.29 is 41.4 Å². The Kier molecular flexibility index (Phi) is 6.53. The standard InChI is InChI=1S/C24H20F3N3O6S/c1-36-23(33)30-21(16-7-6-13(12-28)10-19(16)37(2,34)35)20-17(8-9-18(20)31)29(22(30)32)15-5-3-4-14(11-15)24(25,26)27/h3-7,10-11,21,34-35H,8-9H2,1-2H3/t21-/m1/s1. The Morgan fingerprint density at radius 1 is 1.16 bits per heavy atom. The summed E-state index contributed by atoms with van der Waals surface area (Å²) >= 11 is 0. The number of carbonyl (C=O) groups is 3. The second-order valence-corrected chi connectivity index (χ2v) is 10.5. The number of alkyl halides is 3. The van der Waals surface area contributed by atoms with Crippen molar-refractivity contribution in [1.29, 1.82) is 5.26 Å². The number of hydrogen-bond acceptors (Lipinski definition) is 7. The van der Waals surface area contributed by atoms with Crippen LogP contribution in [-0.2, 0) is 15.7 Å². The molecule has 1 aliphatic carbocycles. The van der Waals surface area contributed by atoms with Gasteiger partial charge in [0.15, 0.2) is 5.78 Å². The van der Waals surface area contributed by atoms with Gasteiger partial charge in [0.2, 0.25) is 0 Å². The zero-order chi connectivity index (χ0) is 27.3. The number of Topliss-reactive ketones (excluding diaryl/α,β-unsaturated/α-hetero) is 1. The number of methoxy groups -OCH3 is 1. The monoisotopic (exact) mass is 535 g/mol. The van der Waals surface area contributed by atoms with Crippen LogP contribution in [0.2, 0.25) is 0 Å². The fourth-order valence-electron chi connectivity index (χ4n) is 4.50. The van der Waals surface area contributed by atoms with Crippen LogP contribution >= 0.6 is 10.6 Å². The maximum absolute atomic E-state index is 13.8. The summed E-state index contributed by atoms with van der Waals surface area (Å²) in [4.78, 5) is 41.0. The highest BCUT2D eigenvalue weighted by Crippen LogP contribution is 2.53. The molecule has 0 aromatic heterocycles. The number of nitrogens with zero attached hydrogens (tertiary/aromatic N) is 3. The highest BCUT2D eigenvalue weighted by molar-refractivity contribution is 8.23. The molecule has 2 aliphatic rings. The molecule has 1 atom stereocenters. The molecule has 1 heterocycles. The lowest BCUT2D eigenvalue weighted by Crippen LogP contribution is -2.52. The normalized spacial score (nSPS) is 18.6. The first-order valence-electron chi connectivity index (χ1n) is 10.7. The van der Waals surface area contributed by atoms with Crippen LogP contribution in [0.25, 0.3) is 0 Å². The summed E-state index contributed by atoms with van der Waals surface area (Å²) in [6.45, 7) is 0. The third kappa shape index (κ3) is 4.55. The third-order valence-corrected chi connectivity index (χ3v) is 7.24. The molecule has 3 amide bonds. The number of allylic oxidation sites excluding steroid dienone is 1. The number of halogens is 3. The molecule has 1 aliphatic heterocycles. The van der Waals surface area contributed by atoms with Crippen molar-refractivity contribution in [1.82, 2.24) is 4.90 Å². The minimum absolute atomic E-state index is 0.00431. The molecule has 2 aromatic rings. The third-order valence-electron chi connectivity index (χ3n) is 6.06. The van der Waals surface area contributed by atoms with Crippen molar-refractivity contribution in [3.05, 3.63) is 70.4 Å². The molecule has 194 valence electrons. The van der Waals surface area contributed by atoms with E-state index in [0.29, 0.717) is 4.90 Å². The predicted octanol–water partition coefficient (Wildman–Crippen LogP) is 5.68. The lowest BCUT2D eigenvalue weighted by molar-refractivity contribution is -0.137. The maximum atomic E-state index is 13.8. The van der Waals surface area contributed by atoms with Gasteiger partial charge in [-0.1, -0.05) is 12.1 Å². The van der Waals surface area contributed by atoms with Crippen LogP contribution in [-0.4, -0.2) is 45.3 Å². The first kappa shape index (κ1) is 26.2. The molecular formula is C24H20F3N3O6S. The van der Waals surface area contributed by atoms with Gasteiger partial charge in [-0.15, -0.1) is 0 Å². The van der Waals surface area contributed by atoms with Gasteiger partial charge < -0.3 is 4.74 Å². The van der Waals surface area contributed by atoms with Crippen LogP contribution in [0.5, 0.6) is 0 Å². The molecule has 0 bridgehead atoms. The molecular weight excluding hydrogens is 515 g/mol. The average Bonchev–Trinajstić information content (AvgIpc) is 3.22. The number of imide groups is 1. The van der Waals surface area contributed by atoms with E-state index in [9.17, 15) is 41.9 Å². The molecule has 0 radical (unpaired) electrons. The first-order valence-corrected chi connectivity index (χ1v) is 12.7. The smallest absolute Gasteiger partial charge is 0.418 e. The summed E-state index contributed by atoms with van der Waals surface area (Å²) in [7, 11) is -2.56. The summed E-state index contributed by atoms with van der Waals surface area (Å²) in [6.07, 6.45) is -4.95. The second-order valence-electron chi connectivity index (χ2n) is 8.39. The molecule has 2 aromatic carbocycles. The van der Waals surface area contributed by atoms with Crippen molar-refractivity contribution in [3.8, 4) is 6.07 Å². The van der Waals surface area contributed by atoms with Gasteiger partial charge in [-0.05, 0) is 36.8 Å². The fraction of sp³-hybridized carbons (Fsp3) is 0.250. The molecule has 13 heteroatoms. The summed E-state index contributed by atoms with van der Waals surface area (Å²) in [5.74, 6) is -0.485. The number of ketones is 1. The molecule has 2 N–H and O–H groups in total. The topological polar surface area (TPSA) is 131 Å². The molecule has 37 heavy (non-hydrogen) atoms. The van der Waals surface area contributed by atoms with Gasteiger partial charge in [0.05, 0.1) is 34.9 Å². The van der Waals surface area contributed by atoms with E-state index in [1.165, 1.54) is 24.3 Å². The number of amides is 3. The van der Waals surface area contributed by atoms with Gasteiger partial charge in [0.25, 0.3) is 0 Å². The van der Waals surface area contributed by atoms with E-state index in [0.717, 1.165) is 36.5 Å². The van der Waals surface area contributed by atoms with Crippen LogP contribution in [0.15, 0.2) is 58.6 Å². The van der Waals surface area contributed by atoms with Gasteiger partial charge in [-0.2, -0.15) is 29.0 Å². The maximum Gasteiger partial charge on any atom is 0.418 e. The quantitative estimate of drug-likeness (QED) is 0.517. The number of nitriles is 1. The van der Waals surface area contributed by atoms with Crippen molar-refractivity contribution in [3.63, 3.8) is 0 Å². The number of ether oxygens (including phenoxy) is 1. The summed E-state index contributed by atoms with van der Waals surface area (Å²) in [5, 5.41) is 9.29. The zero-order valence-electron chi connectivity index (χ0n) is 19.4. The number of benzene rings is 2. The van der Waals surface area contributed by atoms with Crippen molar-refractivity contribution in [2.45, 2.75) is 30.0 Å². The molecule has 0 saturated carbocycles. The van der Waals surface area contributed by atoms with Gasteiger partial charge in [0.1, 0.15) is 6.04 Å². The predicted molar refractivity (Wildman–Crippen MR) is 126 cm³/mol. The van der Waals surface area contributed by atoms with E-state index >= 15 is 0 Å². The van der Waals surface area contributed by atoms with Crippen LogP contribution < -0.4 is 4.90 Å². The van der Waals surface area contributed by atoms with Gasteiger partial charge in [-0.25, -0.2) is 14.5 Å². The lowest BCUT2D eigenvalue weighted by Gasteiger charge is -2.42. The highest BCUT2D eigenvalue weighted by Gasteiger charge is 2.50. The molecule has 0 unspecified atom stereocenters. The lowest BCUT2D eigenvalue weighted by atomic mass is 9.92. The van der Waals surface area contributed by atoms with Gasteiger partial charge in [0, 0.05) is 29.5 Å². The van der Waals surface area contributed by atoms with E-state index in [2.05, 4.69) is 0 Å². The summed E-state index contributed by atoms with van der Waals surface area (Å²) in [6, 6.07) is 7.01. The van der Waals surface area contributed by atoms with E-state index in [1.54, 1.807) is 0 Å². The van der Waals surface area contributed by atoms with Crippen LogP contribution in [0, 0.1) is 11.3 Å². The Hall–Kier alpha value is -3.86. The van der Waals surface area contributed by atoms with Gasteiger partial charge in [-0.3, -0.25) is 18.8 Å².